The minimum Gasteiger partial charge on any atom is -0.497 e. The Hall–Kier alpha value is -4.46. The lowest BCUT2D eigenvalue weighted by Gasteiger charge is -2.10. The van der Waals surface area contributed by atoms with Gasteiger partial charge in [-0.25, -0.2) is 15.0 Å². The molecule has 162 valence electrons. The van der Waals surface area contributed by atoms with Gasteiger partial charge in [-0.1, -0.05) is 18.2 Å². The van der Waals surface area contributed by atoms with Crippen LogP contribution in [0.15, 0.2) is 76.1 Å². The predicted octanol–water partition coefficient (Wildman–Crippen LogP) is 4.24. The molecule has 6 aromatic rings. The molecule has 0 aliphatic carbocycles. The van der Waals surface area contributed by atoms with Crippen molar-refractivity contribution in [2.75, 3.05) is 7.11 Å². The maximum absolute atomic E-state index is 13.8. The van der Waals surface area contributed by atoms with Gasteiger partial charge in [0, 0.05) is 6.07 Å². The Balaban J connectivity index is 1.75. The minimum absolute atomic E-state index is 0.190. The number of nitrogens with zero attached hydrogens (tertiary/aromatic N) is 5. The van der Waals surface area contributed by atoms with Crippen molar-refractivity contribution < 1.29 is 9.15 Å². The molecule has 8 nitrogen and oxygen atoms in total. The fraction of sp³-hybridized carbons (Fsp3) is 0.120. The van der Waals surface area contributed by atoms with Crippen LogP contribution in [0.25, 0.3) is 38.9 Å². The summed E-state index contributed by atoms with van der Waals surface area (Å²) in [6, 6.07) is 18.8. The van der Waals surface area contributed by atoms with Crippen LogP contribution in [0, 0.1) is 6.92 Å². The molecule has 0 spiro atoms. The van der Waals surface area contributed by atoms with Crippen molar-refractivity contribution in [3.63, 3.8) is 0 Å². The van der Waals surface area contributed by atoms with E-state index in [2.05, 4.69) is 0 Å². The van der Waals surface area contributed by atoms with E-state index in [4.69, 9.17) is 24.1 Å². The lowest BCUT2D eigenvalue weighted by Crippen LogP contribution is -2.24. The van der Waals surface area contributed by atoms with Crippen molar-refractivity contribution in [2.24, 2.45) is 0 Å². The SMILES string of the molecule is COc1cccc(-n2c3nc4ccccc4nc3c3c(=O)n(Cc4ccco4)c(C)nc32)c1. The van der Waals surface area contributed by atoms with Crippen molar-refractivity contribution in [1.29, 1.82) is 0 Å². The van der Waals surface area contributed by atoms with E-state index < -0.39 is 0 Å². The number of aryl methyl sites for hydroxylation is 1. The summed E-state index contributed by atoms with van der Waals surface area (Å²) in [4.78, 5) is 28.3. The third kappa shape index (κ3) is 2.99. The highest BCUT2D eigenvalue weighted by Gasteiger charge is 2.22. The van der Waals surface area contributed by atoms with Gasteiger partial charge < -0.3 is 9.15 Å². The largest absolute Gasteiger partial charge is 0.497 e. The Morgan fingerprint density at radius 1 is 0.939 bits per heavy atom. The number of rotatable bonds is 4. The van der Waals surface area contributed by atoms with Gasteiger partial charge in [0.15, 0.2) is 11.3 Å². The average Bonchev–Trinajstić information content (AvgIpc) is 3.46. The highest BCUT2D eigenvalue weighted by Crippen LogP contribution is 2.30. The summed E-state index contributed by atoms with van der Waals surface area (Å²) in [5.74, 6) is 1.94. The van der Waals surface area contributed by atoms with Crippen LogP contribution in [0.3, 0.4) is 0 Å². The molecule has 0 saturated heterocycles. The summed E-state index contributed by atoms with van der Waals surface area (Å²) in [5.41, 5.74) is 3.64. The average molecular weight is 437 g/mol. The molecule has 4 heterocycles. The molecule has 0 fully saturated rings. The van der Waals surface area contributed by atoms with E-state index >= 15 is 0 Å². The van der Waals surface area contributed by atoms with E-state index in [9.17, 15) is 4.79 Å². The number of benzene rings is 2. The normalized spacial score (nSPS) is 11.6. The number of furan rings is 1. The van der Waals surface area contributed by atoms with E-state index in [0.717, 1.165) is 11.2 Å². The van der Waals surface area contributed by atoms with Gasteiger partial charge in [0.25, 0.3) is 5.56 Å². The second-order valence-corrected chi connectivity index (χ2v) is 7.75. The molecule has 8 heteroatoms. The van der Waals surface area contributed by atoms with Gasteiger partial charge in [-0.3, -0.25) is 13.9 Å². The first-order valence-corrected chi connectivity index (χ1v) is 10.5. The van der Waals surface area contributed by atoms with Crippen LogP contribution in [0.4, 0.5) is 0 Å². The Morgan fingerprint density at radius 3 is 2.52 bits per heavy atom. The van der Waals surface area contributed by atoms with Crippen LogP contribution in [-0.2, 0) is 6.54 Å². The summed E-state index contributed by atoms with van der Waals surface area (Å²) in [6.07, 6.45) is 1.59. The van der Waals surface area contributed by atoms with Gasteiger partial charge >= 0.3 is 0 Å². The number of ether oxygens (including phenoxy) is 1. The second kappa shape index (κ2) is 7.30. The van der Waals surface area contributed by atoms with Crippen molar-refractivity contribution in [3.05, 3.63) is 88.9 Å². The molecular formula is C25H19N5O3. The summed E-state index contributed by atoms with van der Waals surface area (Å²) < 4.78 is 14.4. The summed E-state index contributed by atoms with van der Waals surface area (Å²) in [6.45, 7) is 2.10. The lowest BCUT2D eigenvalue weighted by molar-refractivity contribution is 0.414. The molecule has 0 bridgehead atoms. The quantitative estimate of drug-likeness (QED) is 0.410. The molecule has 6 rings (SSSR count). The first-order chi connectivity index (χ1) is 16.1. The Morgan fingerprint density at radius 2 is 1.76 bits per heavy atom. The Bertz CT molecular complexity index is 1710. The van der Waals surface area contributed by atoms with E-state index in [1.165, 1.54) is 0 Å². The summed E-state index contributed by atoms with van der Waals surface area (Å²) >= 11 is 0. The van der Waals surface area contributed by atoms with E-state index in [1.807, 2.05) is 66.1 Å². The van der Waals surface area contributed by atoms with Crippen LogP contribution in [0.5, 0.6) is 5.75 Å². The van der Waals surface area contributed by atoms with Crippen LogP contribution in [-0.4, -0.2) is 31.2 Å². The fourth-order valence-electron chi connectivity index (χ4n) is 4.17. The molecule has 0 aliphatic heterocycles. The van der Waals surface area contributed by atoms with E-state index in [1.54, 1.807) is 24.0 Å². The van der Waals surface area contributed by atoms with Crippen molar-refractivity contribution in [3.8, 4) is 11.4 Å². The molecule has 0 atom stereocenters. The van der Waals surface area contributed by atoms with Gasteiger partial charge in [0.1, 0.15) is 28.2 Å². The highest BCUT2D eigenvalue weighted by atomic mass is 16.5. The molecule has 4 aromatic heterocycles. The van der Waals surface area contributed by atoms with Crippen LogP contribution < -0.4 is 10.3 Å². The third-order valence-electron chi connectivity index (χ3n) is 5.76. The Labute approximate surface area is 187 Å². The molecule has 0 N–H and O–H groups in total. The topological polar surface area (TPSA) is 88.0 Å². The first kappa shape index (κ1) is 19.2. The van der Waals surface area contributed by atoms with Gasteiger partial charge in [-0.05, 0) is 43.3 Å². The highest BCUT2D eigenvalue weighted by molar-refractivity contribution is 6.05. The van der Waals surface area contributed by atoms with Gasteiger partial charge in [0.05, 0.1) is 36.6 Å². The molecule has 33 heavy (non-hydrogen) atoms. The minimum atomic E-state index is -0.190. The van der Waals surface area contributed by atoms with Crippen molar-refractivity contribution in [1.82, 2.24) is 24.1 Å². The van der Waals surface area contributed by atoms with Gasteiger partial charge in [-0.2, -0.15) is 0 Å². The third-order valence-corrected chi connectivity index (χ3v) is 5.76. The standard InChI is InChI=1S/C25H19N5O3/c1-15-26-23-21(25(31)29(15)14-18-9-6-12-33-18)22-24(28-20-11-4-3-10-19(20)27-22)30(23)16-7-5-8-17(13-16)32-2/h3-13H,14H2,1-2H3. The number of hydrogen-bond donors (Lipinski definition) is 0. The number of aromatic nitrogens is 5. The number of hydrogen-bond acceptors (Lipinski definition) is 6. The smallest absolute Gasteiger partial charge is 0.265 e. The number of methoxy groups -OCH3 is 1. The zero-order valence-electron chi connectivity index (χ0n) is 18.0. The van der Waals surface area contributed by atoms with Gasteiger partial charge in [0.2, 0.25) is 0 Å². The van der Waals surface area contributed by atoms with Crippen LogP contribution >= 0.6 is 0 Å². The van der Waals surface area contributed by atoms with E-state index in [-0.39, 0.29) is 12.1 Å². The lowest BCUT2D eigenvalue weighted by atomic mass is 10.3. The second-order valence-electron chi connectivity index (χ2n) is 7.75. The van der Waals surface area contributed by atoms with Gasteiger partial charge in [-0.15, -0.1) is 0 Å². The maximum atomic E-state index is 13.8. The van der Waals surface area contributed by atoms with Crippen molar-refractivity contribution >= 4 is 33.2 Å². The molecular weight excluding hydrogens is 418 g/mol. The molecule has 0 amide bonds. The molecule has 0 radical (unpaired) electrons. The predicted molar refractivity (Wildman–Crippen MR) is 125 cm³/mol. The molecule has 0 unspecified atom stereocenters. The number of fused-ring (bicyclic) bond motifs is 4. The zero-order valence-corrected chi connectivity index (χ0v) is 18.0. The maximum Gasteiger partial charge on any atom is 0.265 e. The number of para-hydroxylation sites is 2. The van der Waals surface area contributed by atoms with Crippen LogP contribution in [0.2, 0.25) is 0 Å². The zero-order chi connectivity index (χ0) is 22.5. The Kier molecular flexibility index (Phi) is 4.26. The monoisotopic (exact) mass is 437 g/mol. The first-order valence-electron chi connectivity index (χ1n) is 10.5. The summed E-state index contributed by atoms with van der Waals surface area (Å²) in [7, 11) is 1.62. The fourth-order valence-corrected chi connectivity index (χ4v) is 4.17. The molecule has 0 saturated carbocycles. The van der Waals surface area contributed by atoms with Crippen molar-refractivity contribution in [2.45, 2.75) is 13.5 Å². The van der Waals surface area contributed by atoms with Crippen LogP contribution in [0.1, 0.15) is 11.6 Å². The summed E-state index contributed by atoms with van der Waals surface area (Å²) in [5, 5.41) is 0.420. The van der Waals surface area contributed by atoms with E-state index in [0.29, 0.717) is 45.0 Å². The molecule has 0 aliphatic rings. The molecule has 2 aromatic carbocycles.